The number of carboxylic acids is 1. The van der Waals surface area contributed by atoms with Gasteiger partial charge in [0, 0.05) is 32.4 Å². The van der Waals surface area contributed by atoms with Crippen molar-refractivity contribution in [1.29, 1.82) is 0 Å². The zero-order valence-electron chi connectivity index (χ0n) is 13.9. The summed E-state index contributed by atoms with van der Waals surface area (Å²) in [7, 11) is 3.05. The molecule has 0 unspecified atom stereocenters. The first-order chi connectivity index (χ1) is 11.8. The number of nitrogens with zero attached hydrogens (tertiary/aromatic N) is 3. The van der Waals surface area contributed by atoms with Gasteiger partial charge >= 0.3 is 12.0 Å². The van der Waals surface area contributed by atoms with Crippen molar-refractivity contribution in [2.24, 2.45) is 0 Å². The Labute approximate surface area is 147 Å². The van der Waals surface area contributed by atoms with Crippen LogP contribution in [-0.2, 0) is 0 Å². The van der Waals surface area contributed by atoms with Crippen molar-refractivity contribution in [2.45, 2.75) is 6.92 Å². The van der Waals surface area contributed by atoms with Gasteiger partial charge in [-0.05, 0) is 19.1 Å². The molecule has 0 aliphatic rings. The second-order valence-corrected chi connectivity index (χ2v) is 6.12. The van der Waals surface area contributed by atoms with E-state index in [1.807, 2.05) is 0 Å². The SMILES string of the molecule is CCNC(=O)Nc1ccc(-c2nc(C(=O)N(C)C)c(C(=O)O)s2)cn1. The number of nitrogens with one attached hydrogen (secondary N) is 2. The van der Waals surface area contributed by atoms with Gasteiger partial charge < -0.3 is 15.3 Å². The predicted octanol–water partition coefficient (Wildman–Crippen LogP) is 1.75. The lowest BCUT2D eigenvalue weighted by molar-refractivity contribution is 0.0689. The molecule has 0 atom stereocenters. The summed E-state index contributed by atoms with van der Waals surface area (Å²) in [5.74, 6) is -1.35. The second-order valence-electron chi connectivity index (χ2n) is 5.12. The molecule has 2 rings (SSSR count). The van der Waals surface area contributed by atoms with E-state index in [1.54, 1.807) is 19.1 Å². The summed E-state index contributed by atoms with van der Waals surface area (Å²) in [5.41, 5.74) is 0.439. The van der Waals surface area contributed by atoms with E-state index in [4.69, 9.17) is 0 Å². The highest BCUT2D eigenvalue weighted by atomic mass is 32.1. The lowest BCUT2D eigenvalue weighted by Crippen LogP contribution is -2.28. The highest BCUT2D eigenvalue weighted by Crippen LogP contribution is 2.29. The summed E-state index contributed by atoms with van der Waals surface area (Å²) >= 11 is 0.896. The highest BCUT2D eigenvalue weighted by Gasteiger charge is 2.24. The van der Waals surface area contributed by atoms with Crippen LogP contribution < -0.4 is 10.6 Å². The molecule has 0 radical (unpaired) electrons. The number of carboxylic acid groups (broad SMARTS) is 1. The van der Waals surface area contributed by atoms with Crippen molar-refractivity contribution >= 4 is 35.1 Å². The summed E-state index contributed by atoms with van der Waals surface area (Å²) in [4.78, 5) is 44.3. The maximum atomic E-state index is 12.1. The molecule has 2 aromatic rings. The first-order valence-corrected chi connectivity index (χ1v) is 8.12. The highest BCUT2D eigenvalue weighted by molar-refractivity contribution is 7.17. The molecule has 0 saturated carbocycles. The molecule has 2 aromatic heterocycles. The number of urea groups is 1. The van der Waals surface area contributed by atoms with Crippen LogP contribution >= 0.6 is 11.3 Å². The minimum atomic E-state index is -1.21. The third-order valence-corrected chi connectivity index (χ3v) is 4.11. The van der Waals surface area contributed by atoms with E-state index in [-0.39, 0.29) is 16.6 Å². The van der Waals surface area contributed by atoms with Crippen LogP contribution in [0.4, 0.5) is 10.6 Å². The molecule has 0 aliphatic heterocycles. The molecular weight excluding hydrogens is 346 g/mol. The predicted molar refractivity (Wildman–Crippen MR) is 93.0 cm³/mol. The molecule has 3 N–H and O–H groups in total. The Morgan fingerprint density at radius 3 is 2.52 bits per heavy atom. The van der Waals surface area contributed by atoms with Crippen LogP contribution in [0.25, 0.3) is 10.6 Å². The van der Waals surface area contributed by atoms with Gasteiger partial charge in [-0.1, -0.05) is 0 Å². The lowest BCUT2D eigenvalue weighted by atomic mass is 10.3. The molecule has 10 heteroatoms. The normalized spacial score (nSPS) is 10.2. The molecule has 25 heavy (non-hydrogen) atoms. The molecule has 0 fully saturated rings. The summed E-state index contributed by atoms with van der Waals surface area (Å²) < 4.78 is 0. The lowest BCUT2D eigenvalue weighted by Gasteiger charge is -2.07. The van der Waals surface area contributed by atoms with E-state index < -0.39 is 11.9 Å². The van der Waals surface area contributed by atoms with E-state index in [0.717, 1.165) is 11.3 Å². The Kier molecular flexibility index (Phi) is 5.65. The van der Waals surface area contributed by atoms with Crippen molar-refractivity contribution in [3.05, 3.63) is 28.9 Å². The van der Waals surface area contributed by atoms with E-state index in [0.29, 0.717) is 22.9 Å². The topological polar surface area (TPSA) is 125 Å². The van der Waals surface area contributed by atoms with Crippen molar-refractivity contribution in [3.8, 4) is 10.6 Å². The number of thiazole rings is 1. The maximum absolute atomic E-state index is 12.1. The first kappa shape index (κ1) is 18.3. The van der Waals surface area contributed by atoms with Crippen LogP contribution in [0, 0.1) is 0 Å². The van der Waals surface area contributed by atoms with Gasteiger partial charge in [0.1, 0.15) is 15.7 Å². The molecule has 3 amide bonds. The fourth-order valence-electron chi connectivity index (χ4n) is 1.86. The Morgan fingerprint density at radius 1 is 1.28 bits per heavy atom. The third kappa shape index (κ3) is 4.29. The number of pyridine rings is 1. The molecule has 0 aromatic carbocycles. The smallest absolute Gasteiger partial charge is 0.348 e. The molecular formula is C15H17N5O4S. The number of carbonyl (C=O) groups is 3. The maximum Gasteiger partial charge on any atom is 0.348 e. The molecule has 132 valence electrons. The summed E-state index contributed by atoms with van der Waals surface area (Å²) in [6.45, 7) is 2.29. The number of carbonyl (C=O) groups excluding carboxylic acids is 2. The van der Waals surface area contributed by atoms with E-state index in [9.17, 15) is 19.5 Å². The average molecular weight is 363 g/mol. The number of amides is 3. The fraction of sp³-hybridized carbons (Fsp3) is 0.267. The molecule has 0 spiro atoms. The zero-order valence-corrected chi connectivity index (χ0v) is 14.7. The summed E-state index contributed by atoms with van der Waals surface area (Å²) in [6, 6.07) is 2.84. The van der Waals surface area contributed by atoms with Gasteiger partial charge in [-0.3, -0.25) is 10.1 Å². The number of rotatable bonds is 5. The standard InChI is InChI=1S/C15H17N5O4S/c1-4-16-15(24)18-9-6-5-8(7-17-9)12-19-10(13(21)20(2)3)11(25-12)14(22)23/h5-7H,4H2,1-3H3,(H,22,23)(H2,16,17,18,24). The molecule has 9 nitrogen and oxygen atoms in total. The van der Waals surface area contributed by atoms with Crippen LogP contribution in [0.5, 0.6) is 0 Å². The van der Waals surface area contributed by atoms with Crippen molar-refractivity contribution < 1.29 is 19.5 Å². The van der Waals surface area contributed by atoms with Gasteiger partial charge in [0.2, 0.25) is 0 Å². The Bertz CT molecular complexity index is 801. The van der Waals surface area contributed by atoms with Crippen LogP contribution in [0.3, 0.4) is 0 Å². The molecule has 2 heterocycles. The van der Waals surface area contributed by atoms with Gasteiger partial charge in [0.15, 0.2) is 5.69 Å². The summed E-state index contributed by atoms with van der Waals surface area (Å²) in [6.07, 6.45) is 1.45. The monoisotopic (exact) mass is 363 g/mol. The molecule has 0 saturated heterocycles. The number of anilines is 1. The van der Waals surface area contributed by atoms with Crippen LogP contribution in [0.1, 0.15) is 27.1 Å². The van der Waals surface area contributed by atoms with E-state index in [2.05, 4.69) is 20.6 Å². The zero-order chi connectivity index (χ0) is 18.6. The van der Waals surface area contributed by atoms with E-state index in [1.165, 1.54) is 25.2 Å². The quantitative estimate of drug-likeness (QED) is 0.743. The Balaban J connectivity index is 2.29. The van der Waals surface area contributed by atoms with Gasteiger partial charge in [0.25, 0.3) is 5.91 Å². The Hall–Kier alpha value is -3.01. The van der Waals surface area contributed by atoms with Gasteiger partial charge in [0.05, 0.1) is 0 Å². The molecule has 0 bridgehead atoms. The van der Waals surface area contributed by atoms with Gasteiger partial charge in [-0.15, -0.1) is 11.3 Å². The number of hydrogen-bond donors (Lipinski definition) is 3. The minimum absolute atomic E-state index is 0.109. The number of aromatic nitrogens is 2. The van der Waals surface area contributed by atoms with Crippen molar-refractivity contribution in [2.75, 3.05) is 26.0 Å². The Morgan fingerprint density at radius 2 is 2.00 bits per heavy atom. The summed E-state index contributed by atoms with van der Waals surface area (Å²) in [5, 5.41) is 14.8. The number of hydrogen-bond acceptors (Lipinski definition) is 6. The second kappa shape index (κ2) is 7.71. The largest absolute Gasteiger partial charge is 0.477 e. The van der Waals surface area contributed by atoms with Crippen molar-refractivity contribution in [3.63, 3.8) is 0 Å². The average Bonchev–Trinajstić information content (AvgIpc) is 3.00. The number of aromatic carboxylic acids is 1. The van der Waals surface area contributed by atoms with Crippen LogP contribution in [0.15, 0.2) is 18.3 Å². The third-order valence-electron chi connectivity index (χ3n) is 3.02. The van der Waals surface area contributed by atoms with Gasteiger partial charge in [-0.2, -0.15) is 0 Å². The van der Waals surface area contributed by atoms with Gasteiger partial charge in [-0.25, -0.2) is 19.6 Å². The van der Waals surface area contributed by atoms with E-state index >= 15 is 0 Å². The minimum Gasteiger partial charge on any atom is -0.477 e. The molecule has 0 aliphatic carbocycles. The first-order valence-electron chi connectivity index (χ1n) is 7.30. The van der Waals surface area contributed by atoms with Crippen LogP contribution in [0.2, 0.25) is 0 Å². The van der Waals surface area contributed by atoms with Crippen molar-refractivity contribution in [1.82, 2.24) is 20.2 Å². The fourth-order valence-corrected chi connectivity index (χ4v) is 2.75. The van der Waals surface area contributed by atoms with Crippen LogP contribution in [-0.4, -0.2) is 58.5 Å².